The molecule has 0 saturated carbocycles. The summed E-state index contributed by atoms with van der Waals surface area (Å²) < 4.78 is 13.4. The second kappa shape index (κ2) is 10.2. The van der Waals surface area contributed by atoms with Crippen LogP contribution < -0.4 is 0 Å². The van der Waals surface area contributed by atoms with Gasteiger partial charge in [0.2, 0.25) is 0 Å². The summed E-state index contributed by atoms with van der Waals surface area (Å²) in [6, 6.07) is 15.6. The van der Waals surface area contributed by atoms with Crippen molar-refractivity contribution in [2.75, 3.05) is 6.61 Å². The predicted molar refractivity (Wildman–Crippen MR) is 121 cm³/mol. The van der Waals surface area contributed by atoms with Gasteiger partial charge in [0.05, 0.1) is 36.2 Å². The lowest BCUT2D eigenvalue weighted by Crippen LogP contribution is -2.23. The SMILES string of the molecule is [C-]#[N+]c1ccc2c(c1)nc(COCc1ccccc1)n2CCCCOC(=O)C(C)(C)C. The molecule has 0 radical (unpaired) electrons. The van der Waals surface area contributed by atoms with Crippen LogP contribution in [0.2, 0.25) is 0 Å². The van der Waals surface area contributed by atoms with Gasteiger partial charge in [-0.2, -0.15) is 0 Å². The lowest BCUT2D eigenvalue weighted by Gasteiger charge is -2.16. The number of carbonyl (C=O) groups excluding carboxylic acids is 1. The molecule has 0 bridgehead atoms. The number of hydrogen-bond acceptors (Lipinski definition) is 4. The Morgan fingerprint density at radius 1 is 1.10 bits per heavy atom. The number of imidazole rings is 1. The van der Waals surface area contributed by atoms with E-state index in [9.17, 15) is 4.79 Å². The summed E-state index contributed by atoms with van der Waals surface area (Å²) in [6.07, 6.45) is 1.62. The highest BCUT2D eigenvalue weighted by atomic mass is 16.5. The van der Waals surface area contributed by atoms with E-state index < -0.39 is 5.41 Å². The van der Waals surface area contributed by atoms with Gasteiger partial charge < -0.3 is 14.0 Å². The molecule has 2 aromatic carbocycles. The molecule has 0 aliphatic rings. The van der Waals surface area contributed by atoms with Gasteiger partial charge in [-0.3, -0.25) is 4.79 Å². The lowest BCUT2D eigenvalue weighted by molar-refractivity contribution is -0.153. The van der Waals surface area contributed by atoms with Gasteiger partial charge in [-0.25, -0.2) is 9.83 Å². The molecule has 1 heterocycles. The van der Waals surface area contributed by atoms with Crippen molar-refractivity contribution >= 4 is 22.7 Å². The third-order valence-electron chi connectivity index (χ3n) is 4.90. The Balaban J connectivity index is 1.65. The topological polar surface area (TPSA) is 57.7 Å². The average molecular weight is 420 g/mol. The molecular weight excluding hydrogens is 390 g/mol. The van der Waals surface area contributed by atoms with Gasteiger partial charge in [-0.05, 0) is 51.3 Å². The smallest absolute Gasteiger partial charge is 0.311 e. The Morgan fingerprint density at radius 3 is 2.58 bits per heavy atom. The number of hydrogen-bond donors (Lipinski definition) is 0. The number of esters is 1. The first-order valence-corrected chi connectivity index (χ1v) is 10.5. The molecule has 6 nitrogen and oxygen atoms in total. The first kappa shape index (κ1) is 22.5. The minimum Gasteiger partial charge on any atom is -0.465 e. The number of unbranched alkanes of at least 4 members (excludes halogenated alkanes) is 1. The Bertz CT molecular complexity index is 1060. The van der Waals surface area contributed by atoms with Crippen LogP contribution in [0.15, 0.2) is 48.5 Å². The zero-order valence-corrected chi connectivity index (χ0v) is 18.4. The molecule has 0 spiro atoms. The van der Waals surface area contributed by atoms with Crippen molar-refractivity contribution in [3.05, 3.63) is 71.3 Å². The lowest BCUT2D eigenvalue weighted by atomic mass is 9.97. The third-order valence-corrected chi connectivity index (χ3v) is 4.90. The largest absolute Gasteiger partial charge is 0.465 e. The molecule has 0 saturated heterocycles. The summed E-state index contributed by atoms with van der Waals surface area (Å²) >= 11 is 0. The monoisotopic (exact) mass is 419 g/mol. The minimum atomic E-state index is -0.482. The normalized spacial score (nSPS) is 11.4. The summed E-state index contributed by atoms with van der Waals surface area (Å²) in [5.41, 5.74) is 2.98. The van der Waals surface area contributed by atoms with Crippen LogP contribution in [0.1, 0.15) is 45.0 Å². The van der Waals surface area contributed by atoms with E-state index in [0.29, 0.717) is 25.5 Å². The van der Waals surface area contributed by atoms with Crippen LogP contribution in [0, 0.1) is 12.0 Å². The van der Waals surface area contributed by atoms with E-state index in [-0.39, 0.29) is 5.97 Å². The number of ether oxygens (including phenoxy) is 2. The molecule has 0 aliphatic carbocycles. The summed E-state index contributed by atoms with van der Waals surface area (Å²) in [5.74, 6) is 0.655. The fourth-order valence-corrected chi connectivity index (χ4v) is 3.19. The van der Waals surface area contributed by atoms with Gasteiger partial charge in [-0.1, -0.05) is 36.4 Å². The first-order chi connectivity index (χ1) is 14.9. The fraction of sp³-hybridized carbons (Fsp3) is 0.400. The predicted octanol–water partition coefficient (Wildman–Crippen LogP) is 5.67. The van der Waals surface area contributed by atoms with E-state index >= 15 is 0 Å². The molecule has 3 aromatic rings. The van der Waals surface area contributed by atoms with Crippen LogP contribution in [0.25, 0.3) is 15.9 Å². The molecule has 0 aliphatic heterocycles. The van der Waals surface area contributed by atoms with E-state index in [2.05, 4.69) is 9.41 Å². The molecule has 6 heteroatoms. The van der Waals surface area contributed by atoms with Crippen molar-refractivity contribution in [2.24, 2.45) is 5.41 Å². The van der Waals surface area contributed by atoms with Crippen molar-refractivity contribution in [2.45, 2.75) is 53.4 Å². The van der Waals surface area contributed by atoms with Crippen molar-refractivity contribution < 1.29 is 14.3 Å². The van der Waals surface area contributed by atoms with Gasteiger partial charge in [0, 0.05) is 6.54 Å². The first-order valence-electron chi connectivity index (χ1n) is 10.5. The van der Waals surface area contributed by atoms with E-state index in [1.165, 1.54) is 0 Å². The van der Waals surface area contributed by atoms with Gasteiger partial charge in [0.1, 0.15) is 12.4 Å². The van der Waals surface area contributed by atoms with Crippen molar-refractivity contribution in [3.8, 4) is 0 Å². The Labute approximate surface area is 183 Å². The fourth-order valence-electron chi connectivity index (χ4n) is 3.19. The van der Waals surface area contributed by atoms with Gasteiger partial charge in [-0.15, -0.1) is 0 Å². The van der Waals surface area contributed by atoms with E-state index in [0.717, 1.165) is 41.8 Å². The maximum Gasteiger partial charge on any atom is 0.311 e. The van der Waals surface area contributed by atoms with Crippen LogP contribution in [-0.2, 0) is 34.0 Å². The molecule has 3 rings (SSSR count). The molecular formula is C25H29N3O3. The molecule has 0 amide bonds. The van der Waals surface area contributed by atoms with Crippen LogP contribution in [0.3, 0.4) is 0 Å². The molecule has 0 atom stereocenters. The quantitative estimate of drug-likeness (QED) is 0.255. The van der Waals surface area contributed by atoms with Crippen molar-refractivity contribution in [3.63, 3.8) is 0 Å². The zero-order chi connectivity index (χ0) is 22.3. The summed E-state index contributed by atoms with van der Waals surface area (Å²) in [4.78, 5) is 20.1. The van der Waals surface area contributed by atoms with E-state index in [1.807, 2.05) is 69.3 Å². The molecule has 0 N–H and O–H groups in total. The number of nitrogens with zero attached hydrogens (tertiary/aromatic N) is 3. The zero-order valence-electron chi connectivity index (χ0n) is 18.4. The number of aryl methyl sites for hydroxylation is 1. The maximum absolute atomic E-state index is 11.9. The second-order valence-electron chi connectivity index (χ2n) is 8.54. The number of rotatable bonds is 9. The van der Waals surface area contributed by atoms with Crippen molar-refractivity contribution in [1.29, 1.82) is 0 Å². The number of aromatic nitrogens is 2. The standard InChI is InChI=1S/C25H29N3O3/c1-25(2,3)24(29)31-15-9-8-14-28-22-13-12-20(26-4)16-21(22)27-23(28)18-30-17-19-10-6-5-7-11-19/h5-7,10-13,16H,8-9,14-15,17-18H2,1-3H3. The Morgan fingerprint density at radius 2 is 1.87 bits per heavy atom. The van der Waals surface area contributed by atoms with E-state index in [4.69, 9.17) is 21.0 Å². The Kier molecular flexibility index (Phi) is 7.43. The number of benzene rings is 2. The van der Waals surface area contributed by atoms with E-state index in [1.54, 1.807) is 0 Å². The molecule has 0 unspecified atom stereocenters. The number of carbonyl (C=O) groups is 1. The van der Waals surface area contributed by atoms with Crippen LogP contribution >= 0.6 is 0 Å². The summed E-state index contributed by atoms with van der Waals surface area (Å²) in [6.45, 7) is 14.9. The van der Waals surface area contributed by atoms with Gasteiger partial charge >= 0.3 is 5.97 Å². The third kappa shape index (κ3) is 6.16. The second-order valence-corrected chi connectivity index (χ2v) is 8.54. The van der Waals surface area contributed by atoms with Gasteiger partial charge in [0.15, 0.2) is 5.69 Å². The molecule has 162 valence electrons. The number of fused-ring (bicyclic) bond motifs is 1. The molecule has 31 heavy (non-hydrogen) atoms. The minimum absolute atomic E-state index is 0.178. The van der Waals surface area contributed by atoms with Crippen LogP contribution in [-0.4, -0.2) is 22.1 Å². The molecule has 1 aromatic heterocycles. The Hall–Kier alpha value is -3.17. The van der Waals surface area contributed by atoms with Gasteiger partial charge in [0.25, 0.3) is 0 Å². The van der Waals surface area contributed by atoms with Crippen molar-refractivity contribution in [1.82, 2.24) is 9.55 Å². The van der Waals surface area contributed by atoms with Crippen LogP contribution in [0.4, 0.5) is 5.69 Å². The summed E-state index contributed by atoms with van der Waals surface area (Å²) in [5, 5.41) is 0. The highest BCUT2D eigenvalue weighted by Gasteiger charge is 2.22. The highest BCUT2D eigenvalue weighted by Crippen LogP contribution is 2.24. The average Bonchev–Trinajstić information content (AvgIpc) is 3.09. The summed E-state index contributed by atoms with van der Waals surface area (Å²) in [7, 11) is 0. The van der Waals surface area contributed by atoms with Crippen LogP contribution in [0.5, 0.6) is 0 Å². The molecule has 0 fully saturated rings. The highest BCUT2D eigenvalue weighted by molar-refractivity contribution is 5.80. The maximum atomic E-state index is 11.9.